The Hall–Kier alpha value is -0.370. The van der Waals surface area contributed by atoms with Crippen molar-refractivity contribution in [2.75, 3.05) is 0 Å². The van der Waals surface area contributed by atoms with E-state index >= 15 is 0 Å². The van der Waals surface area contributed by atoms with E-state index < -0.39 is 0 Å². The lowest BCUT2D eigenvalue weighted by atomic mass is 9.69. The standard InChI is InChI=1S/C14H27NO/c1-10(16)13(15)9-11-5-7-12(8-6-11)14(2,3)4/h11-13H,5-9,15H2,1-4H3. The number of carbonyl (C=O) groups excluding carboxylic acids is 1. The van der Waals surface area contributed by atoms with Crippen molar-refractivity contribution in [1.82, 2.24) is 0 Å². The highest BCUT2D eigenvalue weighted by atomic mass is 16.1. The first-order valence-electron chi connectivity index (χ1n) is 6.56. The van der Waals surface area contributed by atoms with Gasteiger partial charge in [-0.1, -0.05) is 33.6 Å². The maximum Gasteiger partial charge on any atom is 0.146 e. The van der Waals surface area contributed by atoms with Crippen LogP contribution in [0.1, 0.15) is 59.8 Å². The molecule has 0 amide bonds. The second-order valence-corrected chi connectivity index (χ2v) is 6.54. The first-order chi connectivity index (χ1) is 7.30. The Kier molecular flexibility index (Phi) is 4.54. The van der Waals surface area contributed by atoms with Gasteiger partial charge in [-0.3, -0.25) is 4.79 Å². The van der Waals surface area contributed by atoms with Crippen molar-refractivity contribution in [3.63, 3.8) is 0 Å². The van der Waals surface area contributed by atoms with Gasteiger partial charge in [0, 0.05) is 0 Å². The molecule has 1 atom stereocenters. The lowest BCUT2D eigenvalue weighted by Gasteiger charge is -2.37. The third kappa shape index (κ3) is 3.89. The van der Waals surface area contributed by atoms with Gasteiger partial charge in [-0.05, 0) is 43.4 Å². The van der Waals surface area contributed by atoms with E-state index in [2.05, 4.69) is 20.8 Å². The molecule has 1 rings (SSSR count). The minimum atomic E-state index is -0.226. The molecular weight excluding hydrogens is 198 g/mol. The molecular formula is C14H27NO. The average Bonchev–Trinajstić information content (AvgIpc) is 2.17. The van der Waals surface area contributed by atoms with E-state index in [1.807, 2.05) is 0 Å². The summed E-state index contributed by atoms with van der Waals surface area (Å²) >= 11 is 0. The zero-order chi connectivity index (χ0) is 12.3. The summed E-state index contributed by atoms with van der Waals surface area (Å²) in [5.41, 5.74) is 6.26. The highest BCUT2D eigenvalue weighted by molar-refractivity contribution is 5.81. The first kappa shape index (κ1) is 13.7. The van der Waals surface area contributed by atoms with Gasteiger partial charge in [-0.25, -0.2) is 0 Å². The van der Waals surface area contributed by atoms with E-state index in [4.69, 9.17) is 5.73 Å². The molecule has 0 bridgehead atoms. The van der Waals surface area contributed by atoms with E-state index in [-0.39, 0.29) is 11.8 Å². The summed E-state index contributed by atoms with van der Waals surface area (Å²) in [5.74, 6) is 1.66. The van der Waals surface area contributed by atoms with Crippen molar-refractivity contribution in [1.29, 1.82) is 0 Å². The van der Waals surface area contributed by atoms with Crippen LogP contribution in [0.5, 0.6) is 0 Å². The SMILES string of the molecule is CC(=O)C(N)CC1CCC(C(C)(C)C)CC1. The summed E-state index contributed by atoms with van der Waals surface area (Å²) in [7, 11) is 0. The first-order valence-corrected chi connectivity index (χ1v) is 6.56. The van der Waals surface area contributed by atoms with E-state index in [1.165, 1.54) is 25.7 Å². The van der Waals surface area contributed by atoms with Gasteiger partial charge in [0.2, 0.25) is 0 Å². The number of Topliss-reactive ketones (excluding diaryl/α,β-unsaturated/α-hetero) is 1. The summed E-state index contributed by atoms with van der Waals surface area (Å²) in [4.78, 5) is 11.1. The molecule has 2 heteroatoms. The fourth-order valence-electron chi connectivity index (χ4n) is 2.79. The van der Waals surface area contributed by atoms with Crippen molar-refractivity contribution in [2.45, 2.75) is 65.8 Å². The van der Waals surface area contributed by atoms with Gasteiger partial charge in [0.1, 0.15) is 5.78 Å². The van der Waals surface area contributed by atoms with Gasteiger partial charge in [-0.2, -0.15) is 0 Å². The fraction of sp³-hybridized carbons (Fsp3) is 0.929. The predicted molar refractivity (Wildman–Crippen MR) is 68.2 cm³/mol. The molecule has 0 aromatic rings. The molecule has 1 saturated carbocycles. The zero-order valence-electron chi connectivity index (χ0n) is 11.3. The number of ketones is 1. The summed E-state index contributed by atoms with van der Waals surface area (Å²) < 4.78 is 0. The minimum absolute atomic E-state index is 0.137. The molecule has 1 aliphatic rings. The van der Waals surface area contributed by atoms with E-state index in [1.54, 1.807) is 6.92 Å². The van der Waals surface area contributed by atoms with Crippen molar-refractivity contribution in [2.24, 2.45) is 23.0 Å². The molecule has 2 nitrogen and oxygen atoms in total. The highest BCUT2D eigenvalue weighted by Crippen LogP contribution is 2.40. The molecule has 2 N–H and O–H groups in total. The quantitative estimate of drug-likeness (QED) is 0.802. The van der Waals surface area contributed by atoms with Crippen LogP contribution >= 0.6 is 0 Å². The molecule has 0 heterocycles. The van der Waals surface area contributed by atoms with Crippen LogP contribution in [-0.4, -0.2) is 11.8 Å². The van der Waals surface area contributed by atoms with Crippen LogP contribution in [0.3, 0.4) is 0 Å². The van der Waals surface area contributed by atoms with Crippen molar-refractivity contribution in [3.8, 4) is 0 Å². The van der Waals surface area contributed by atoms with E-state index in [9.17, 15) is 4.79 Å². The summed E-state index contributed by atoms with van der Waals surface area (Å²) in [6.45, 7) is 8.60. The second kappa shape index (κ2) is 5.31. The molecule has 0 spiro atoms. The number of nitrogens with two attached hydrogens (primary N) is 1. The van der Waals surface area contributed by atoms with Gasteiger partial charge < -0.3 is 5.73 Å². The molecule has 0 aromatic carbocycles. The van der Waals surface area contributed by atoms with E-state index in [0.29, 0.717) is 11.3 Å². The summed E-state index contributed by atoms with van der Waals surface area (Å²) in [6, 6.07) is -0.226. The molecule has 0 saturated heterocycles. The minimum Gasteiger partial charge on any atom is -0.322 e. The van der Waals surface area contributed by atoms with Crippen LogP contribution in [0.15, 0.2) is 0 Å². The van der Waals surface area contributed by atoms with Crippen LogP contribution in [-0.2, 0) is 4.79 Å². The Morgan fingerprint density at radius 1 is 1.25 bits per heavy atom. The summed E-state index contributed by atoms with van der Waals surface area (Å²) in [6.07, 6.45) is 6.01. The molecule has 1 unspecified atom stereocenters. The van der Waals surface area contributed by atoms with E-state index in [0.717, 1.165) is 12.3 Å². The molecule has 1 fully saturated rings. The third-order valence-electron chi connectivity index (χ3n) is 4.18. The van der Waals surface area contributed by atoms with Crippen LogP contribution in [0.4, 0.5) is 0 Å². The lowest BCUT2D eigenvalue weighted by Crippen LogP contribution is -2.33. The molecule has 0 aliphatic heterocycles. The van der Waals surface area contributed by atoms with Gasteiger partial charge in [0.25, 0.3) is 0 Å². The van der Waals surface area contributed by atoms with Gasteiger partial charge >= 0.3 is 0 Å². The predicted octanol–water partition coefficient (Wildman–Crippen LogP) is 3.15. The molecule has 94 valence electrons. The topological polar surface area (TPSA) is 43.1 Å². The van der Waals surface area contributed by atoms with Crippen LogP contribution in [0.2, 0.25) is 0 Å². The molecule has 0 aromatic heterocycles. The largest absolute Gasteiger partial charge is 0.322 e. The summed E-state index contributed by atoms with van der Waals surface area (Å²) in [5, 5.41) is 0. The maximum atomic E-state index is 11.1. The zero-order valence-corrected chi connectivity index (χ0v) is 11.3. The van der Waals surface area contributed by atoms with Crippen molar-refractivity contribution < 1.29 is 4.79 Å². The van der Waals surface area contributed by atoms with Gasteiger partial charge in [0.15, 0.2) is 0 Å². The Morgan fingerprint density at radius 2 is 1.75 bits per heavy atom. The van der Waals surface area contributed by atoms with Gasteiger partial charge in [-0.15, -0.1) is 0 Å². The Labute approximate surface area is 100.0 Å². The van der Waals surface area contributed by atoms with Crippen LogP contribution in [0, 0.1) is 17.3 Å². The number of carbonyl (C=O) groups is 1. The Morgan fingerprint density at radius 3 is 2.12 bits per heavy atom. The van der Waals surface area contributed by atoms with Crippen molar-refractivity contribution >= 4 is 5.78 Å². The number of hydrogen-bond acceptors (Lipinski definition) is 2. The van der Waals surface area contributed by atoms with Crippen molar-refractivity contribution in [3.05, 3.63) is 0 Å². The molecule has 16 heavy (non-hydrogen) atoms. The second-order valence-electron chi connectivity index (χ2n) is 6.54. The average molecular weight is 225 g/mol. The Balaban J connectivity index is 2.35. The maximum absolute atomic E-state index is 11.1. The Bertz CT molecular complexity index is 234. The lowest BCUT2D eigenvalue weighted by molar-refractivity contribution is -0.118. The smallest absolute Gasteiger partial charge is 0.146 e. The fourth-order valence-corrected chi connectivity index (χ4v) is 2.79. The normalized spacial score (nSPS) is 28.8. The third-order valence-corrected chi connectivity index (χ3v) is 4.18. The van der Waals surface area contributed by atoms with Crippen LogP contribution in [0.25, 0.3) is 0 Å². The monoisotopic (exact) mass is 225 g/mol. The van der Waals surface area contributed by atoms with Crippen LogP contribution < -0.4 is 5.73 Å². The van der Waals surface area contributed by atoms with Gasteiger partial charge in [0.05, 0.1) is 6.04 Å². The molecule has 1 aliphatic carbocycles. The number of hydrogen-bond donors (Lipinski definition) is 1. The number of rotatable bonds is 3. The molecule has 0 radical (unpaired) electrons. The highest BCUT2D eigenvalue weighted by Gasteiger charge is 2.30.